The zero-order chi connectivity index (χ0) is 30.2. The van der Waals surface area contributed by atoms with Gasteiger partial charge in [0.05, 0.1) is 4.90 Å². The van der Waals surface area contributed by atoms with Crippen molar-refractivity contribution in [1.29, 1.82) is 0 Å². The molecule has 1 aliphatic heterocycles. The Bertz CT molecular complexity index is 1180. The maximum atomic E-state index is 13.2. The summed E-state index contributed by atoms with van der Waals surface area (Å²) in [5.41, 5.74) is 4.78. The van der Waals surface area contributed by atoms with Gasteiger partial charge in [-0.25, -0.2) is 17.9 Å². The molecule has 0 aromatic heterocycles. The second-order valence-electron chi connectivity index (χ2n) is 12.0. The van der Waals surface area contributed by atoms with Crippen molar-refractivity contribution in [2.75, 3.05) is 6.54 Å². The minimum absolute atomic E-state index is 0.0731. The van der Waals surface area contributed by atoms with Crippen LogP contribution in [0.1, 0.15) is 85.0 Å². The zero-order valence-corrected chi connectivity index (χ0v) is 25.1. The normalized spacial score (nSPS) is 21.1. The summed E-state index contributed by atoms with van der Waals surface area (Å²) in [5, 5.41) is 2.69. The Hall–Kier alpha value is -3.15. The molecule has 4 N–H and O–H groups in total. The van der Waals surface area contributed by atoms with Gasteiger partial charge in [-0.2, -0.15) is 0 Å². The minimum Gasteiger partial charge on any atom is -0.444 e. The molecule has 228 valence electrons. The van der Waals surface area contributed by atoms with Crippen molar-refractivity contribution in [2.24, 2.45) is 17.6 Å². The van der Waals surface area contributed by atoms with Crippen molar-refractivity contribution in [3.8, 4) is 0 Å². The third kappa shape index (κ3) is 10.0. The van der Waals surface area contributed by atoms with Crippen LogP contribution in [0.2, 0.25) is 0 Å². The number of amides is 4. The first kappa shape index (κ1) is 32.4. The molecule has 2 fully saturated rings. The molecule has 1 aliphatic carbocycles. The molecular weight excluding hydrogens is 548 g/mol. The third-order valence-electron chi connectivity index (χ3n) is 7.47. The highest BCUT2D eigenvalue weighted by Crippen LogP contribution is 2.42. The molecule has 1 aromatic rings. The highest BCUT2D eigenvalue weighted by Gasteiger charge is 2.43. The van der Waals surface area contributed by atoms with Crippen LogP contribution in [0.25, 0.3) is 0 Å². The lowest BCUT2D eigenvalue weighted by molar-refractivity contribution is -0.139. The molecule has 4 atom stereocenters. The summed E-state index contributed by atoms with van der Waals surface area (Å²) in [6.07, 6.45) is 6.84. The van der Waals surface area contributed by atoms with E-state index in [4.69, 9.17) is 10.5 Å². The molecule has 41 heavy (non-hydrogen) atoms. The van der Waals surface area contributed by atoms with E-state index >= 15 is 0 Å². The van der Waals surface area contributed by atoms with E-state index < -0.39 is 45.6 Å². The van der Waals surface area contributed by atoms with Crippen molar-refractivity contribution >= 4 is 33.8 Å². The lowest BCUT2D eigenvalue weighted by Crippen LogP contribution is -2.53. The van der Waals surface area contributed by atoms with Crippen LogP contribution in [-0.2, 0) is 29.1 Å². The van der Waals surface area contributed by atoms with Gasteiger partial charge in [-0.1, -0.05) is 50.3 Å². The fourth-order valence-electron chi connectivity index (χ4n) is 5.27. The number of sulfonamides is 1. The number of alkyl carbamates (subject to hydrolysis) is 1. The number of ether oxygens (including phenoxy) is 1. The molecule has 1 saturated heterocycles. The smallest absolute Gasteiger partial charge is 0.408 e. The molecule has 12 heteroatoms. The Labute approximate surface area is 243 Å². The fraction of sp³-hybridized carbons (Fsp3) is 0.655. The number of primary amides is 1. The second kappa shape index (κ2) is 14.2. The van der Waals surface area contributed by atoms with E-state index in [1.807, 2.05) is 0 Å². The van der Waals surface area contributed by atoms with Gasteiger partial charge in [0.25, 0.3) is 10.0 Å². The summed E-state index contributed by atoms with van der Waals surface area (Å²) in [4.78, 5) is 51.4. The van der Waals surface area contributed by atoms with Crippen molar-refractivity contribution < 1.29 is 32.3 Å². The van der Waals surface area contributed by atoms with Gasteiger partial charge < -0.3 is 20.7 Å². The molecule has 4 amide bonds. The Morgan fingerprint density at radius 2 is 1.71 bits per heavy atom. The van der Waals surface area contributed by atoms with Gasteiger partial charge in [0.2, 0.25) is 17.7 Å². The topological polar surface area (TPSA) is 165 Å². The van der Waals surface area contributed by atoms with Crippen LogP contribution in [0.15, 0.2) is 35.2 Å². The van der Waals surface area contributed by atoms with Gasteiger partial charge in [0, 0.05) is 12.5 Å². The van der Waals surface area contributed by atoms with Crippen LogP contribution < -0.4 is 15.8 Å². The maximum absolute atomic E-state index is 13.2. The largest absolute Gasteiger partial charge is 0.444 e. The Morgan fingerprint density at radius 1 is 1.05 bits per heavy atom. The maximum Gasteiger partial charge on any atom is 0.408 e. The first-order valence-corrected chi connectivity index (χ1v) is 16.0. The number of hydrogen-bond acceptors (Lipinski definition) is 7. The van der Waals surface area contributed by atoms with Gasteiger partial charge in [-0.15, -0.1) is 0 Å². The molecular formula is C29H44N4O7S. The van der Waals surface area contributed by atoms with E-state index in [1.54, 1.807) is 39.0 Å². The molecule has 0 unspecified atom stereocenters. The monoisotopic (exact) mass is 592 g/mol. The van der Waals surface area contributed by atoms with Crippen molar-refractivity contribution in [3.05, 3.63) is 30.3 Å². The SMILES string of the molecule is CC(C)(C)OC(=O)N[C@@H](CCCCCCC[C@@H]1C[C@@H]1C(=O)NS(=O)(=O)c1ccccc1)C(=O)N1CCC[C@H]1C(N)=O. The van der Waals surface area contributed by atoms with E-state index in [2.05, 4.69) is 10.0 Å². The number of carbonyl (C=O) groups is 4. The summed E-state index contributed by atoms with van der Waals surface area (Å²) in [6, 6.07) is 6.39. The molecule has 11 nitrogen and oxygen atoms in total. The van der Waals surface area contributed by atoms with E-state index in [-0.39, 0.29) is 22.6 Å². The standard InChI is InChI=1S/C29H44N4O7S/c1-29(2,3)40-28(37)31-23(27(36)33-18-12-17-24(33)25(30)34)16-11-6-4-5-8-13-20-19-22(20)26(35)32-41(38,39)21-14-9-7-10-15-21/h7,9-10,14-15,20,22-24H,4-6,8,11-13,16-19H2,1-3H3,(H2,30,34)(H,31,37)(H,32,35)/t20-,22+,23+,24+/m1/s1. The molecule has 0 spiro atoms. The van der Waals surface area contributed by atoms with Crippen molar-refractivity contribution in [1.82, 2.24) is 14.9 Å². The Morgan fingerprint density at radius 3 is 2.37 bits per heavy atom. The second-order valence-corrected chi connectivity index (χ2v) is 13.7. The average molecular weight is 593 g/mol. The van der Waals surface area contributed by atoms with Gasteiger partial charge in [-0.05, 0) is 70.9 Å². The highest BCUT2D eigenvalue weighted by molar-refractivity contribution is 7.90. The molecule has 1 aromatic carbocycles. The quantitative estimate of drug-likeness (QED) is 0.279. The number of carbonyl (C=O) groups excluding carboxylic acids is 4. The predicted octanol–water partition coefficient (Wildman–Crippen LogP) is 3.23. The summed E-state index contributed by atoms with van der Waals surface area (Å²) in [7, 11) is -3.85. The summed E-state index contributed by atoms with van der Waals surface area (Å²) < 4.78 is 32.3. The predicted molar refractivity (Wildman–Crippen MR) is 153 cm³/mol. The average Bonchev–Trinajstić information content (AvgIpc) is 3.49. The number of benzene rings is 1. The first-order chi connectivity index (χ1) is 19.3. The third-order valence-corrected chi connectivity index (χ3v) is 8.83. The van der Waals surface area contributed by atoms with Gasteiger partial charge in [0.1, 0.15) is 17.7 Å². The van der Waals surface area contributed by atoms with Crippen LogP contribution in [-0.4, -0.2) is 61.4 Å². The van der Waals surface area contributed by atoms with E-state index in [0.717, 1.165) is 32.1 Å². The molecule has 1 saturated carbocycles. The van der Waals surface area contributed by atoms with Gasteiger partial charge >= 0.3 is 6.09 Å². The minimum atomic E-state index is -3.85. The number of rotatable bonds is 14. The van der Waals surface area contributed by atoms with Crippen LogP contribution in [0.3, 0.4) is 0 Å². The number of likely N-dealkylation sites (tertiary alicyclic amines) is 1. The molecule has 2 aliphatic rings. The summed E-state index contributed by atoms with van der Waals surface area (Å²) in [5.74, 6) is -1.37. The van der Waals surface area contributed by atoms with Crippen LogP contribution in [0.4, 0.5) is 4.79 Å². The van der Waals surface area contributed by atoms with Crippen molar-refractivity contribution in [3.63, 3.8) is 0 Å². The molecule has 1 heterocycles. The Balaban J connectivity index is 1.38. The first-order valence-electron chi connectivity index (χ1n) is 14.5. The highest BCUT2D eigenvalue weighted by atomic mass is 32.2. The van der Waals surface area contributed by atoms with Crippen LogP contribution in [0, 0.1) is 11.8 Å². The number of unbranched alkanes of at least 4 members (excludes halogenated alkanes) is 4. The number of nitrogens with two attached hydrogens (primary N) is 1. The molecule has 0 bridgehead atoms. The van der Waals surface area contributed by atoms with Gasteiger partial charge in [-0.3, -0.25) is 14.4 Å². The van der Waals surface area contributed by atoms with Crippen LogP contribution >= 0.6 is 0 Å². The van der Waals surface area contributed by atoms with E-state index in [9.17, 15) is 27.6 Å². The summed E-state index contributed by atoms with van der Waals surface area (Å²) in [6.45, 7) is 5.67. The molecule has 0 radical (unpaired) electrons. The lowest BCUT2D eigenvalue weighted by atomic mass is 10.0. The van der Waals surface area contributed by atoms with E-state index in [1.165, 1.54) is 17.0 Å². The summed E-state index contributed by atoms with van der Waals surface area (Å²) >= 11 is 0. The lowest BCUT2D eigenvalue weighted by Gasteiger charge is -2.29. The van der Waals surface area contributed by atoms with Crippen molar-refractivity contribution in [2.45, 2.75) is 108 Å². The zero-order valence-electron chi connectivity index (χ0n) is 24.3. The Kier molecular flexibility index (Phi) is 11.2. The fourth-order valence-corrected chi connectivity index (χ4v) is 6.32. The molecule has 3 rings (SSSR count). The number of hydrogen-bond donors (Lipinski definition) is 3. The number of nitrogens with zero attached hydrogens (tertiary/aromatic N) is 1. The van der Waals surface area contributed by atoms with E-state index in [0.29, 0.717) is 38.6 Å². The van der Waals surface area contributed by atoms with Gasteiger partial charge in [0.15, 0.2) is 0 Å². The van der Waals surface area contributed by atoms with Crippen LogP contribution in [0.5, 0.6) is 0 Å². The number of nitrogens with one attached hydrogen (secondary N) is 2.